The van der Waals surface area contributed by atoms with Crippen LogP contribution >= 0.6 is 11.6 Å². The van der Waals surface area contributed by atoms with Gasteiger partial charge in [-0.2, -0.15) is 0 Å². The smallest absolute Gasteiger partial charge is 0.308 e. The van der Waals surface area contributed by atoms with Crippen molar-refractivity contribution in [3.8, 4) is 0 Å². The summed E-state index contributed by atoms with van der Waals surface area (Å²) in [6.07, 6.45) is 0.198. The second-order valence-corrected chi connectivity index (χ2v) is 5.35. The van der Waals surface area contributed by atoms with Crippen molar-refractivity contribution in [1.82, 2.24) is 4.90 Å². The maximum Gasteiger partial charge on any atom is 0.308 e. The molecule has 1 aliphatic heterocycles. The van der Waals surface area contributed by atoms with E-state index in [1.807, 2.05) is 12.1 Å². The molecule has 114 valence electrons. The Morgan fingerprint density at radius 2 is 2.10 bits per heavy atom. The van der Waals surface area contributed by atoms with E-state index in [2.05, 4.69) is 4.74 Å². The van der Waals surface area contributed by atoms with Crippen LogP contribution in [0.5, 0.6) is 0 Å². The summed E-state index contributed by atoms with van der Waals surface area (Å²) < 4.78 is 10.1. The first-order chi connectivity index (χ1) is 10.1. The van der Waals surface area contributed by atoms with Crippen LogP contribution in [-0.4, -0.2) is 49.7 Å². The number of hydrogen-bond donors (Lipinski definition) is 0. The predicted molar refractivity (Wildman–Crippen MR) is 78.1 cm³/mol. The molecular formula is C15H18ClNO4. The van der Waals surface area contributed by atoms with Gasteiger partial charge >= 0.3 is 5.97 Å². The number of carbonyl (C=O) groups excluding carboxylic acids is 2. The van der Waals surface area contributed by atoms with Gasteiger partial charge in [-0.1, -0.05) is 23.7 Å². The van der Waals surface area contributed by atoms with Gasteiger partial charge in [0.05, 0.1) is 32.7 Å². The summed E-state index contributed by atoms with van der Waals surface area (Å²) in [5.74, 6) is -0.303. The number of hydrogen-bond acceptors (Lipinski definition) is 4. The third kappa shape index (κ3) is 4.72. The molecule has 0 saturated carbocycles. The van der Waals surface area contributed by atoms with E-state index < -0.39 is 0 Å². The van der Waals surface area contributed by atoms with Gasteiger partial charge in [-0.05, 0) is 17.7 Å². The van der Waals surface area contributed by atoms with Crippen LogP contribution in [-0.2, 0) is 25.5 Å². The highest BCUT2D eigenvalue weighted by Gasteiger charge is 2.26. The van der Waals surface area contributed by atoms with Crippen LogP contribution in [0.2, 0.25) is 5.02 Å². The Labute approximate surface area is 128 Å². The van der Waals surface area contributed by atoms with Crippen LogP contribution in [0, 0.1) is 0 Å². The van der Waals surface area contributed by atoms with Gasteiger partial charge in [0, 0.05) is 18.1 Å². The average molecular weight is 312 g/mol. The minimum absolute atomic E-state index is 0.0236. The molecular weight excluding hydrogens is 294 g/mol. The molecule has 6 heteroatoms. The van der Waals surface area contributed by atoms with Gasteiger partial charge in [0.25, 0.3) is 0 Å². The maximum absolute atomic E-state index is 12.3. The van der Waals surface area contributed by atoms with Gasteiger partial charge in [-0.3, -0.25) is 9.59 Å². The molecule has 1 amide bonds. The second-order valence-electron chi connectivity index (χ2n) is 4.92. The first-order valence-corrected chi connectivity index (χ1v) is 7.17. The second kappa shape index (κ2) is 7.43. The van der Waals surface area contributed by atoms with E-state index >= 15 is 0 Å². The zero-order chi connectivity index (χ0) is 15.2. The van der Waals surface area contributed by atoms with Crippen LogP contribution in [0.1, 0.15) is 12.0 Å². The molecule has 1 fully saturated rings. The topological polar surface area (TPSA) is 55.8 Å². The lowest BCUT2D eigenvalue weighted by Gasteiger charge is -2.32. The number of nitrogens with zero attached hydrogens (tertiary/aromatic N) is 1. The molecule has 0 aliphatic carbocycles. The third-order valence-electron chi connectivity index (χ3n) is 3.38. The maximum atomic E-state index is 12.3. The Kier molecular flexibility index (Phi) is 5.59. The molecule has 1 atom stereocenters. The first-order valence-electron chi connectivity index (χ1n) is 6.79. The largest absolute Gasteiger partial charge is 0.469 e. The lowest BCUT2D eigenvalue weighted by molar-refractivity contribution is -0.149. The number of ether oxygens (including phenoxy) is 2. The lowest BCUT2D eigenvalue weighted by Crippen LogP contribution is -2.46. The van der Waals surface area contributed by atoms with Gasteiger partial charge in [0.15, 0.2) is 0 Å². The van der Waals surface area contributed by atoms with E-state index in [9.17, 15) is 9.59 Å². The number of morpholine rings is 1. The number of halogens is 1. The molecule has 21 heavy (non-hydrogen) atoms. The lowest BCUT2D eigenvalue weighted by atomic mass is 10.1. The molecule has 0 radical (unpaired) electrons. The Hall–Kier alpha value is -1.59. The quantitative estimate of drug-likeness (QED) is 0.794. The van der Waals surface area contributed by atoms with Crippen molar-refractivity contribution in [3.05, 3.63) is 34.9 Å². The van der Waals surface area contributed by atoms with Gasteiger partial charge in [-0.15, -0.1) is 0 Å². The van der Waals surface area contributed by atoms with Crippen LogP contribution in [0.3, 0.4) is 0 Å². The van der Waals surface area contributed by atoms with E-state index in [4.69, 9.17) is 16.3 Å². The fraction of sp³-hybridized carbons (Fsp3) is 0.467. The first kappa shape index (κ1) is 15.8. The number of amides is 1. The highest BCUT2D eigenvalue weighted by molar-refractivity contribution is 6.30. The average Bonchev–Trinajstić information content (AvgIpc) is 2.49. The van der Waals surface area contributed by atoms with E-state index in [-0.39, 0.29) is 24.4 Å². The van der Waals surface area contributed by atoms with Crippen LogP contribution in [0.15, 0.2) is 24.3 Å². The summed E-state index contributed by atoms with van der Waals surface area (Å²) in [7, 11) is 1.34. The number of rotatable bonds is 4. The number of carbonyl (C=O) groups is 2. The number of benzene rings is 1. The molecule has 1 aliphatic rings. The Bertz CT molecular complexity index is 503. The summed E-state index contributed by atoms with van der Waals surface area (Å²) in [5, 5.41) is 0.649. The monoisotopic (exact) mass is 311 g/mol. The molecule has 1 aromatic rings. The molecule has 2 rings (SSSR count). The summed E-state index contributed by atoms with van der Waals surface area (Å²) >= 11 is 5.82. The van der Waals surface area contributed by atoms with Crippen molar-refractivity contribution in [2.75, 3.05) is 26.8 Å². The van der Waals surface area contributed by atoms with E-state index in [0.717, 1.165) is 5.56 Å². The summed E-state index contributed by atoms with van der Waals surface area (Å²) in [6, 6.07) is 7.21. The molecule has 1 heterocycles. The van der Waals surface area contributed by atoms with Crippen molar-refractivity contribution >= 4 is 23.5 Å². The standard InChI is InChI=1S/C15H18ClNO4/c1-20-15(19)9-13-10-17(6-7-21-13)14(18)8-11-2-4-12(16)5-3-11/h2-5,13H,6-10H2,1H3. The van der Waals surface area contributed by atoms with Crippen molar-refractivity contribution in [3.63, 3.8) is 0 Å². The summed E-state index contributed by atoms with van der Waals surface area (Å²) in [6.45, 7) is 1.40. The van der Waals surface area contributed by atoms with Gasteiger partial charge in [0.1, 0.15) is 0 Å². The van der Waals surface area contributed by atoms with Crippen molar-refractivity contribution in [2.24, 2.45) is 0 Å². The molecule has 1 saturated heterocycles. The minimum atomic E-state index is -0.327. The normalized spacial score (nSPS) is 18.4. The highest BCUT2D eigenvalue weighted by atomic mass is 35.5. The number of esters is 1. The van der Waals surface area contributed by atoms with Crippen molar-refractivity contribution in [1.29, 1.82) is 0 Å². The predicted octanol–water partition coefficient (Wildman–Crippen LogP) is 1.67. The fourth-order valence-electron chi connectivity index (χ4n) is 2.23. The minimum Gasteiger partial charge on any atom is -0.469 e. The molecule has 0 spiro atoms. The zero-order valence-electron chi connectivity index (χ0n) is 11.9. The molecule has 0 N–H and O–H groups in total. The van der Waals surface area contributed by atoms with E-state index in [1.165, 1.54) is 7.11 Å². The van der Waals surface area contributed by atoms with Gasteiger partial charge < -0.3 is 14.4 Å². The van der Waals surface area contributed by atoms with E-state index in [0.29, 0.717) is 31.1 Å². The molecule has 0 bridgehead atoms. The van der Waals surface area contributed by atoms with Crippen molar-refractivity contribution in [2.45, 2.75) is 18.9 Å². The van der Waals surface area contributed by atoms with Crippen LogP contribution in [0.25, 0.3) is 0 Å². The highest BCUT2D eigenvalue weighted by Crippen LogP contribution is 2.14. The zero-order valence-corrected chi connectivity index (χ0v) is 12.6. The van der Waals surface area contributed by atoms with Crippen LogP contribution < -0.4 is 0 Å². The SMILES string of the molecule is COC(=O)CC1CN(C(=O)Cc2ccc(Cl)cc2)CCO1. The summed E-state index contributed by atoms with van der Waals surface area (Å²) in [5.41, 5.74) is 0.917. The van der Waals surface area contributed by atoms with Gasteiger partial charge in [-0.25, -0.2) is 0 Å². The van der Waals surface area contributed by atoms with Crippen LogP contribution in [0.4, 0.5) is 0 Å². The summed E-state index contributed by atoms with van der Waals surface area (Å²) in [4.78, 5) is 25.3. The Morgan fingerprint density at radius 1 is 1.38 bits per heavy atom. The Balaban J connectivity index is 1.89. The van der Waals surface area contributed by atoms with E-state index in [1.54, 1.807) is 17.0 Å². The van der Waals surface area contributed by atoms with Gasteiger partial charge in [0.2, 0.25) is 5.91 Å². The molecule has 5 nitrogen and oxygen atoms in total. The fourth-order valence-corrected chi connectivity index (χ4v) is 2.35. The Morgan fingerprint density at radius 3 is 2.76 bits per heavy atom. The molecule has 0 aromatic heterocycles. The molecule has 1 aromatic carbocycles. The third-order valence-corrected chi connectivity index (χ3v) is 3.63. The van der Waals surface area contributed by atoms with Crippen molar-refractivity contribution < 1.29 is 19.1 Å². The number of methoxy groups -OCH3 is 1. The molecule has 1 unspecified atom stereocenters.